The number of thioether (sulfide) groups is 1. The second kappa shape index (κ2) is 7.60. The Kier molecular flexibility index (Phi) is 6.37. The summed E-state index contributed by atoms with van der Waals surface area (Å²) in [5, 5.41) is 0.536. The third-order valence-corrected chi connectivity index (χ3v) is 3.13. The molecule has 1 aromatic rings. The van der Waals surface area contributed by atoms with Crippen molar-refractivity contribution in [3.8, 4) is 5.75 Å². The third-order valence-electron chi connectivity index (χ3n) is 1.77. The van der Waals surface area contributed by atoms with E-state index < -0.39 is 0 Å². The average molecular weight is 275 g/mol. The molecule has 0 radical (unpaired) electrons. The molecule has 0 spiro atoms. The van der Waals surface area contributed by atoms with E-state index in [4.69, 9.17) is 16.3 Å². The summed E-state index contributed by atoms with van der Waals surface area (Å²) in [5.74, 6) is 1.60. The van der Waals surface area contributed by atoms with E-state index in [1.165, 1.54) is 17.4 Å². The van der Waals surface area contributed by atoms with Crippen LogP contribution in [-0.2, 0) is 5.75 Å². The van der Waals surface area contributed by atoms with Crippen LogP contribution < -0.4 is 4.74 Å². The van der Waals surface area contributed by atoms with Crippen LogP contribution in [0, 0.1) is 0 Å². The molecule has 3 nitrogen and oxygen atoms in total. The highest BCUT2D eigenvalue weighted by atomic mass is 35.5. The number of nitrogens with zero attached hydrogens (tertiary/aromatic N) is 2. The summed E-state index contributed by atoms with van der Waals surface area (Å²) in [5.41, 5.74) is 2.33. The minimum Gasteiger partial charge on any atom is -0.497 e. The highest BCUT2D eigenvalue weighted by Gasteiger charge is 1.99. The van der Waals surface area contributed by atoms with Crippen LogP contribution in [0.4, 0.5) is 0 Å². The predicted octanol–water partition coefficient (Wildman–Crippen LogP) is 3.40. The Morgan fingerprint density at radius 3 is 2.69 bits per heavy atom. The van der Waals surface area contributed by atoms with E-state index in [1.807, 2.05) is 24.3 Å². The molecule has 1 rings (SSSR count). The van der Waals surface area contributed by atoms with Gasteiger partial charge in [-0.2, -0.15) is 4.40 Å². The molecule has 0 atom stereocenters. The standard InChI is InChI=1S/C10H11ClN2OS2/c1-14-9-4-2-8(3-5-9)6-16-10(13-15)12-7-11/h2-5,7,15H,6H2,1H3/b12-7+,13-10+. The van der Waals surface area contributed by atoms with Crippen LogP contribution in [0.3, 0.4) is 0 Å². The van der Waals surface area contributed by atoms with Crippen LogP contribution in [-0.4, -0.2) is 18.0 Å². The summed E-state index contributed by atoms with van der Waals surface area (Å²) < 4.78 is 8.76. The molecule has 0 saturated heterocycles. The van der Waals surface area contributed by atoms with E-state index >= 15 is 0 Å². The number of halogens is 1. The number of hydrogen-bond acceptors (Lipinski definition) is 4. The van der Waals surface area contributed by atoms with Gasteiger partial charge in [0.15, 0.2) is 5.17 Å². The number of thiol groups is 1. The number of ether oxygens (including phenoxy) is 1. The minimum atomic E-state index is 0.536. The highest BCUT2D eigenvalue weighted by molar-refractivity contribution is 8.13. The smallest absolute Gasteiger partial charge is 0.195 e. The van der Waals surface area contributed by atoms with E-state index in [0.717, 1.165) is 17.1 Å². The number of methoxy groups -OCH3 is 1. The molecule has 0 bridgehead atoms. The second-order valence-electron chi connectivity index (χ2n) is 2.75. The average Bonchev–Trinajstić information content (AvgIpc) is 2.35. The fourth-order valence-corrected chi connectivity index (χ4v) is 2.05. The topological polar surface area (TPSA) is 34.0 Å². The summed E-state index contributed by atoms with van der Waals surface area (Å²) in [6, 6.07) is 7.81. The molecule has 0 aliphatic rings. The van der Waals surface area contributed by atoms with Gasteiger partial charge >= 0.3 is 0 Å². The predicted molar refractivity (Wildman–Crippen MR) is 75.1 cm³/mol. The maximum Gasteiger partial charge on any atom is 0.195 e. The Morgan fingerprint density at radius 2 is 2.19 bits per heavy atom. The molecule has 0 aliphatic heterocycles. The van der Waals surface area contributed by atoms with Gasteiger partial charge in [0.05, 0.1) is 12.8 Å². The van der Waals surface area contributed by atoms with Gasteiger partial charge in [-0.15, -0.1) is 0 Å². The van der Waals surface area contributed by atoms with Gasteiger partial charge in [0.1, 0.15) is 5.75 Å². The minimum absolute atomic E-state index is 0.536. The van der Waals surface area contributed by atoms with E-state index in [9.17, 15) is 0 Å². The van der Waals surface area contributed by atoms with Gasteiger partial charge in [-0.25, -0.2) is 4.99 Å². The zero-order chi connectivity index (χ0) is 11.8. The highest BCUT2D eigenvalue weighted by Crippen LogP contribution is 2.18. The molecular weight excluding hydrogens is 264 g/mol. The van der Waals surface area contributed by atoms with Crippen molar-refractivity contribution in [1.29, 1.82) is 0 Å². The lowest BCUT2D eigenvalue weighted by atomic mass is 10.2. The molecule has 0 N–H and O–H groups in total. The quantitative estimate of drug-likeness (QED) is 0.521. The van der Waals surface area contributed by atoms with E-state index in [1.54, 1.807) is 7.11 Å². The summed E-state index contributed by atoms with van der Waals surface area (Å²) in [7, 11) is 1.64. The van der Waals surface area contributed by atoms with Gasteiger partial charge in [-0.3, -0.25) is 0 Å². The zero-order valence-corrected chi connectivity index (χ0v) is 11.1. The number of hydrogen-bond donors (Lipinski definition) is 1. The molecule has 0 aliphatic carbocycles. The maximum atomic E-state index is 5.36. The largest absolute Gasteiger partial charge is 0.497 e. The lowest BCUT2D eigenvalue weighted by Crippen LogP contribution is -1.89. The Labute approximate surface area is 110 Å². The first kappa shape index (κ1) is 13.4. The summed E-state index contributed by atoms with van der Waals surface area (Å²) >= 11 is 10.6. The monoisotopic (exact) mass is 274 g/mol. The lowest BCUT2D eigenvalue weighted by Gasteiger charge is -2.02. The molecule has 0 saturated carbocycles. The van der Waals surface area contributed by atoms with Crippen LogP contribution in [0.15, 0.2) is 33.7 Å². The molecule has 0 heterocycles. The van der Waals surface area contributed by atoms with Gasteiger partial charge in [0.25, 0.3) is 0 Å². The summed E-state index contributed by atoms with van der Waals surface area (Å²) in [6.07, 6.45) is 0. The third kappa shape index (κ3) is 4.47. The Hall–Kier alpha value is -0.650. The maximum absolute atomic E-state index is 5.36. The molecule has 0 aromatic heterocycles. The first-order valence-electron chi connectivity index (χ1n) is 4.40. The van der Waals surface area contributed by atoms with Crippen molar-refractivity contribution in [2.75, 3.05) is 7.11 Å². The van der Waals surface area contributed by atoms with Crippen molar-refractivity contribution in [3.05, 3.63) is 29.8 Å². The molecule has 0 amide bonds. The molecule has 0 unspecified atom stereocenters. The van der Waals surface area contributed by atoms with Crippen LogP contribution in [0.5, 0.6) is 5.75 Å². The van der Waals surface area contributed by atoms with Gasteiger partial charge in [-0.1, -0.05) is 35.5 Å². The van der Waals surface area contributed by atoms with Gasteiger partial charge in [0, 0.05) is 5.75 Å². The zero-order valence-electron chi connectivity index (χ0n) is 8.63. The molecule has 86 valence electrons. The molecule has 0 fully saturated rings. The first-order valence-corrected chi connectivity index (χ1v) is 6.23. The number of aliphatic imine (C=N–C) groups is 1. The molecule has 16 heavy (non-hydrogen) atoms. The van der Waals surface area contributed by atoms with Crippen LogP contribution in [0.25, 0.3) is 0 Å². The van der Waals surface area contributed by atoms with Crippen molar-refractivity contribution in [1.82, 2.24) is 0 Å². The number of amidine groups is 1. The van der Waals surface area contributed by atoms with E-state index in [2.05, 4.69) is 22.2 Å². The Balaban J connectivity index is 2.54. The normalized spacial score (nSPS) is 12.1. The van der Waals surface area contributed by atoms with Crippen LogP contribution in [0.1, 0.15) is 5.56 Å². The number of benzene rings is 1. The number of rotatable bonds is 3. The van der Waals surface area contributed by atoms with E-state index in [0.29, 0.717) is 5.17 Å². The van der Waals surface area contributed by atoms with Crippen LogP contribution >= 0.6 is 36.2 Å². The van der Waals surface area contributed by atoms with Crippen molar-refractivity contribution in [2.24, 2.45) is 9.39 Å². The summed E-state index contributed by atoms with van der Waals surface area (Å²) in [4.78, 5) is 3.84. The van der Waals surface area contributed by atoms with Gasteiger partial charge < -0.3 is 4.74 Å². The van der Waals surface area contributed by atoms with Crippen molar-refractivity contribution >= 4 is 47.0 Å². The van der Waals surface area contributed by atoms with Crippen molar-refractivity contribution in [2.45, 2.75) is 5.75 Å². The SMILES string of the molecule is COc1ccc(CSC(/N=C/Cl)=N/S)cc1. The van der Waals surface area contributed by atoms with Crippen LogP contribution in [0.2, 0.25) is 0 Å². The first-order chi connectivity index (χ1) is 7.80. The summed E-state index contributed by atoms with van der Waals surface area (Å²) in [6.45, 7) is 0. The molecular formula is C10H11ClN2OS2. The van der Waals surface area contributed by atoms with Gasteiger partial charge in [-0.05, 0) is 30.5 Å². The fourth-order valence-electron chi connectivity index (χ4n) is 1.00. The molecule has 6 heteroatoms. The Bertz CT molecular complexity index is 379. The van der Waals surface area contributed by atoms with E-state index in [-0.39, 0.29) is 0 Å². The lowest BCUT2D eigenvalue weighted by molar-refractivity contribution is 0.414. The Morgan fingerprint density at radius 1 is 1.50 bits per heavy atom. The van der Waals surface area contributed by atoms with Gasteiger partial charge in [0.2, 0.25) is 0 Å². The fraction of sp³-hybridized carbons (Fsp3) is 0.200. The van der Waals surface area contributed by atoms with Crippen molar-refractivity contribution < 1.29 is 4.74 Å². The van der Waals surface area contributed by atoms with Crippen molar-refractivity contribution in [3.63, 3.8) is 0 Å². The molecule has 1 aromatic carbocycles. The second-order valence-corrected chi connectivity index (χ2v) is 4.08.